The predicted octanol–water partition coefficient (Wildman–Crippen LogP) is 2.56. The minimum atomic E-state index is -0.338. The molecular formula is C15H24O4. The van der Waals surface area contributed by atoms with Gasteiger partial charge in [-0.3, -0.25) is 9.59 Å². The first kappa shape index (κ1) is 14.4. The van der Waals surface area contributed by atoms with Crippen molar-refractivity contribution in [1.29, 1.82) is 0 Å². The van der Waals surface area contributed by atoms with Crippen molar-refractivity contribution in [3.63, 3.8) is 0 Å². The summed E-state index contributed by atoms with van der Waals surface area (Å²) in [6.07, 6.45) is 5.66. The zero-order chi connectivity index (χ0) is 13.9. The molecular weight excluding hydrogens is 244 g/mol. The number of hydrogen-bond donors (Lipinski definition) is 0. The van der Waals surface area contributed by atoms with Crippen LogP contribution < -0.4 is 0 Å². The van der Waals surface area contributed by atoms with E-state index in [1.54, 1.807) is 0 Å². The van der Waals surface area contributed by atoms with E-state index in [0.717, 1.165) is 18.8 Å². The molecule has 2 aliphatic carbocycles. The molecule has 2 fully saturated rings. The van der Waals surface area contributed by atoms with Gasteiger partial charge in [0.15, 0.2) is 0 Å². The van der Waals surface area contributed by atoms with Crippen LogP contribution in [0.15, 0.2) is 0 Å². The second kappa shape index (κ2) is 5.93. The molecule has 0 spiro atoms. The molecule has 0 N–H and O–H groups in total. The summed E-state index contributed by atoms with van der Waals surface area (Å²) in [5.41, 5.74) is -0.338. The maximum absolute atomic E-state index is 12.2. The van der Waals surface area contributed by atoms with Crippen molar-refractivity contribution >= 4 is 12.4 Å². The first-order chi connectivity index (χ1) is 9.03. The summed E-state index contributed by atoms with van der Waals surface area (Å²) in [5, 5.41) is 0. The normalized spacial score (nSPS) is 37.5. The highest BCUT2D eigenvalue weighted by Gasteiger charge is 2.46. The molecule has 2 unspecified atom stereocenters. The maximum atomic E-state index is 12.2. The summed E-state index contributed by atoms with van der Waals surface area (Å²) < 4.78 is 9.79. The van der Waals surface area contributed by atoms with Crippen molar-refractivity contribution < 1.29 is 19.1 Å². The molecule has 19 heavy (non-hydrogen) atoms. The minimum Gasteiger partial charge on any atom is -0.464 e. The van der Waals surface area contributed by atoms with E-state index in [2.05, 4.69) is 11.7 Å². The van der Waals surface area contributed by atoms with Gasteiger partial charge in [0.05, 0.1) is 5.41 Å². The first-order valence-electron chi connectivity index (χ1n) is 7.26. The molecule has 0 aromatic carbocycles. The van der Waals surface area contributed by atoms with Crippen molar-refractivity contribution in [2.24, 2.45) is 23.2 Å². The Hall–Kier alpha value is -1.06. The molecule has 2 saturated carbocycles. The van der Waals surface area contributed by atoms with Crippen LogP contribution in [0.2, 0.25) is 0 Å². The van der Waals surface area contributed by atoms with E-state index in [-0.39, 0.29) is 24.6 Å². The molecule has 0 radical (unpaired) electrons. The quantitative estimate of drug-likeness (QED) is 0.437. The SMILES string of the molecule is CC1CC2CC(C1)CC(C)(C(=O)OCCOC=O)C2. The molecule has 2 aliphatic rings. The monoisotopic (exact) mass is 268 g/mol. The second-order valence-electron chi connectivity index (χ2n) is 6.62. The lowest BCUT2D eigenvalue weighted by atomic mass is 9.59. The number of carbonyl (C=O) groups excluding carboxylic acids is 2. The number of ether oxygens (including phenoxy) is 2. The summed E-state index contributed by atoms with van der Waals surface area (Å²) in [6, 6.07) is 0. The Morgan fingerprint density at radius 2 is 1.84 bits per heavy atom. The lowest BCUT2D eigenvalue weighted by Crippen LogP contribution is -2.42. The van der Waals surface area contributed by atoms with Gasteiger partial charge in [-0.25, -0.2) is 0 Å². The van der Waals surface area contributed by atoms with Crippen molar-refractivity contribution in [3.8, 4) is 0 Å². The highest BCUT2D eigenvalue weighted by molar-refractivity contribution is 5.76. The van der Waals surface area contributed by atoms with Crippen molar-refractivity contribution in [1.82, 2.24) is 0 Å². The smallest absolute Gasteiger partial charge is 0.311 e. The van der Waals surface area contributed by atoms with Gasteiger partial charge in [0, 0.05) is 0 Å². The largest absolute Gasteiger partial charge is 0.464 e. The fraction of sp³-hybridized carbons (Fsp3) is 0.867. The van der Waals surface area contributed by atoms with Crippen LogP contribution in [0, 0.1) is 23.2 Å². The Labute approximate surface area is 114 Å². The Morgan fingerprint density at radius 3 is 2.42 bits per heavy atom. The summed E-state index contributed by atoms with van der Waals surface area (Å²) in [4.78, 5) is 22.2. The van der Waals surface area contributed by atoms with Gasteiger partial charge in [-0.1, -0.05) is 6.92 Å². The molecule has 0 heterocycles. The van der Waals surface area contributed by atoms with Gasteiger partial charge in [-0.05, 0) is 56.8 Å². The molecule has 2 rings (SSSR count). The average molecular weight is 268 g/mol. The van der Waals surface area contributed by atoms with Crippen LogP contribution in [-0.2, 0) is 19.1 Å². The summed E-state index contributed by atoms with van der Waals surface area (Å²) in [7, 11) is 0. The third-order valence-corrected chi connectivity index (χ3v) is 4.61. The van der Waals surface area contributed by atoms with E-state index in [1.807, 2.05) is 6.92 Å². The molecule has 4 nitrogen and oxygen atoms in total. The number of rotatable bonds is 5. The van der Waals surface area contributed by atoms with E-state index in [1.165, 1.54) is 19.3 Å². The van der Waals surface area contributed by atoms with Crippen LogP contribution in [-0.4, -0.2) is 25.7 Å². The Bertz CT molecular complexity index is 321. The van der Waals surface area contributed by atoms with Gasteiger partial charge in [0.25, 0.3) is 6.47 Å². The van der Waals surface area contributed by atoms with Gasteiger partial charge in [-0.15, -0.1) is 0 Å². The standard InChI is InChI=1S/C15H24O4/c1-11-5-12-7-13(6-11)9-15(2,8-12)14(17)19-4-3-18-10-16/h10-13H,3-9H2,1-2H3. The van der Waals surface area contributed by atoms with Crippen LogP contribution in [0.5, 0.6) is 0 Å². The minimum absolute atomic E-state index is 0.119. The van der Waals surface area contributed by atoms with Crippen molar-refractivity contribution in [3.05, 3.63) is 0 Å². The van der Waals surface area contributed by atoms with E-state index in [4.69, 9.17) is 4.74 Å². The fourth-order valence-corrected chi connectivity index (χ4v) is 4.16. The summed E-state index contributed by atoms with van der Waals surface area (Å²) >= 11 is 0. The molecule has 2 atom stereocenters. The number of esters is 1. The van der Waals surface area contributed by atoms with Crippen LogP contribution in [0.3, 0.4) is 0 Å². The third kappa shape index (κ3) is 3.48. The topological polar surface area (TPSA) is 52.6 Å². The zero-order valence-electron chi connectivity index (χ0n) is 11.9. The molecule has 0 aromatic rings. The zero-order valence-corrected chi connectivity index (χ0v) is 11.9. The molecule has 0 aromatic heterocycles. The predicted molar refractivity (Wildman–Crippen MR) is 70.3 cm³/mol. The molecule has 2 bridgehead atoms. The average Bonchev–Trinajstić information content (AvgIpc) is 2.32. The maximum Gasteiger partial charge on any atom is 0.311 e. The van der Waals surface area contributed by atoms with Gasteiger partial charge in [-0.2, -0.15) is 0 Å². The van der Waals surface area contributed by atoms with E-state index in [0.29, 0.717) is 18.3 Å². The van der Waals surface area contributed by atoms with Gasteiger partial charge in [0.2, 0.25) is 0 Å². The van der Waals surface area contributed by atoms with Crippen molar-refractivity contribution in [2.75, 3.05) is 13.2 Å². The van der Waals surface area contributed by atoms with Crippen LogP contribution >= 0.6 is 0 Å². The second-order valence-corrected chi connectivity index (χ2v) is 6.62. The fourth-order valence-electron chi connectivity index (χ4n) is 4.16. The van der Waals surface area contributed by atoms with Crippen LogP contribution in [0.4, 0.5) is 0 Å². The lowest BCUT2D eigenvalue weighted by Gasteiger charge is -2.45. The Morgan fingerprint density at radius 1 is 1.21 bits per heavy atom. The highest BCUT2D eigenvalue weighted by Crippen LogP contribution is 2.50. The molecule has 0 saturated heterocycles. The highest BCUT2D eigenvalue weighted by atomic mass is 16.6. The number of hydrogen-bond acceptors (Lipinski definition) is 4. The lowest BCUT2D eigenvalue weighted by molar-refractivity contribution is -0.162. The van der Waals surface area contributed by atoms with Crippen molar-refractivity contribution in [2.45, 2.75) is 46.0 Å². The van der Waals surface area contributed by atoms with E-state index < -0.39 is 0 Å². The van der Waals surface area contributed by atoms with Crippen LogP contribution in [0.25, 0.3) is 0 Å². The van der Waals surface area contributed by atoms with Crippen LogP contribution in [0.1, 0.15) is 46.0 Å². The van der Waals surface area contributed by atoms with Gasteiger partial charge < -0.3 is 9.47 Å². The molecule has 4 heteroatoms. The van der Waals surface area contributed by atoms with Gasteiger partial charge >= 0.3 is 5.97 Å². The van der Waals surface area contributed by atoms with E-state index in [9.17, 15) is 9.59 Å². The molecule has 0 aliphatic heterocycles. The summed E-state index contributed by atoms with van der Waals surface area (Å²) in [5.74, 6) is 2.02. The number of fused-ring (bicyclic) bond motifs is 2. The molecule has 108 valence electrons. The van der Waals surface area contributed by atoms with E-state index >= 15 is 0 Å². The summed E-state index contributed by atoms with van der Waals surface area (Å²) in [6.45, 7) is 5.04. The Balaban J connectivity index is 1.88. The third-order valence-electron chi connectivity index (χ3n) is 4.61. The van der Waals surface area contributed by atoms with Gasteiger partial charge in [0.1, 0.15) is 13.2 Å². The Kier molecular flexibility index (Phi) is 4.48. The first-order valence-corrected chi connectivity index (χ1v) is 7.26. The number of carbonyl (C=O) groups is 2. The molecule has 0 amide bonds.